The smallest absolute Gasteiger partial charge is 0.323 e. The van der Waals surface area contributed by atoms with Crippen LogP contribution in [0.4, 0.5) is 0 Å². The third kappa shape index (κ3) is 3.20. The molecule has 1 amide bonds. The molecule has 0 radical (unpaired) electrons. The van der Waals surface area contributed by atoms with Gasteiger partial charge in [0.25, 0.3) is 0 Å². The second kappa shape index (κ2) is 4.67. The molecule has 4 heteroatoms. The molecule has 2 aliphatic rings. The van der Waals surface area contributed by atoms with Crippen molar-refractivity contribution in [3.8, 4) is 0 Å². The maximum Gasteiger partial charge on any atom is 0.323 e. The summed E-state index contributed by atoms with van der Waals surface area (Å²) in [4.78, 5) is 24.5. The molecule has 0 unspecified atom stereocenters. The van der Waals surface area contributed by atoms with Gasteiger partial charge in [-0.25, -0.2) is 0 Å². The summed E-state index contributed by atoms with van der Waals surface area (Å²) in [5.74, 6) is 0.915. The molecular weight excluding hydrogens is 218 g/mol. The Morgan fingerprint density at radius 2 is 2.00 bits per heavy atom. The number of aliphatic carboxylic acids is 1. The Balaban J connectivity index is 1.89. The molecule has 2 fully saturated rings. The summed E-state index contributed by atoms with van der Waals surface area (Å²) in [5.41, 5.74) is 0. The minimum Gasteiger partial charge on any atom is -0.480 e. The quantitative estimate of drug-likeness (QED) is 0.766. The zero-order valence-corrected chi connectivity index (χ0v) is 10.6. The number of carboxylic acids is 1. The highest BCUT2D eigenvalue weighted by molar-refractivity contribution is 5.85. The van der Waals surface area contributed by atoms with E-state index in [9.17, 15) is 9.59 Å². The number of amides is 1. The average Bonchev–Trinajstić information content (AvgIpc) is 3.04. The number of carbonyl (C=O) groups excluding carboxylic acids is 1. The predicted octanol–water partition coefficient (Wildman–Crippen LogP) is 1.60. The van der Waals surface area contributed by atoms with Crippen molar-refractivity contribution in [2.45, 2.75) is 33.1 Å². The third-order valence-corrected chi connectivity index (χ3v) is 3.61. The zero-order valence-electron chi connectivity index (χ0n) is 10.6. The Hall–Kier alpha value is -1.06. The summed E-state index contributed by atoms with van der Waals surface area (Å²) in [5, 5.41) is 8.84. The number of carboxylic acid groups (broad SMARTS) is 1. The van der Waals surface area contributed by atoms with Crippen LogP contribution in [-0.4, -0.2) is 35.0 Å². The summed E-state index contributed by atoms with van der Waals surface area (Å²) < 4.78 is 0. The molecule has 0 aliphatic heterocycles. The molecule has 0 heterocycles. The number of hydrogen-bond donors (Lipinski definition) is 1. The molecule has 2 aliphatic carbocycles. The van der Waals surface area contributed by atoms with Crippen LogP contribution in [0.2, 0.25) is 0 Å². The van der Waals surface area contributed by atoms with Gasteiger partial charge in [0, 0.05) is 12.5 Å². The first-order chi connectivity index (χ1) is 7.99. The number of hydrogen-bond acceptors (Lipinski definition) is 2. The third-order valence-electron chi connectivity index (χ3n) is 3.61. The largest absolute Gasteiger partial charge is 0.480 e. The van der Waals surface area contributed by atoms with E-state index in [1.165, 1.54) is 17.7 Å². The van der Waals surface area contributed by atoms with Crippen LogP contribution in [0, 0.1) is 23.7 Å². The van der Waals surface area contributed by atoms with Crippen molar-refractivity contribution in [2.75, 3.05) is 13.1 Å². The van der Waals surface area contributed by atoms with E-state index in [0.717, 1.165) is 12.3 Å². The minimum absolute atomic E-state index is 0.0676. The number of carbonyl (C=O) groups is 2. The SMILES string of the molecule is CC(C)CN(CC(=O)O)C(=O)[C@@H]1C[C@H]1C1CC1. The molecule has 0 spiro atoms. The fraction of sp³-hybridized carbons (Fsp3) is 0.846. The lowest BCUT2D eigenvalue weighted by atomic mass is 10.1. The van der Waals surface area contributed by atoms with Gasteiger partial charge in [-0.2, -0.15) is 0 Å². The van der Waals surface area contributed by atoms with Gasteiger partial charge < -0.3 is 10.0 Å². The highest BCUT2D eigenvalue weighted by Gasteiger charge is 2.52. The summed E-state index contributed by atoms with van der Waals surface area (Å²) in [6, 6.07) is 0. The lowest BCUT2D eigenvalue weighted by Gasteiger charge is -2.23. The van der Waals surface area contributed by atoms with Crippen molar-refractivity contribution in [3.63, 3.8) is 0 Å². The second-order valence-electron chi connectivity index (χ2n) is 5.85. The highest BCUT2D eigenvalue weighted by atomic mass is 16.4. The van der Waals surface area contributed by atoms with Gasteiger partial charge in [-0.3, -0.25) is 9.59 Å². The molecule has 17 heavy (non-hydrogen) atoms. The van der Waals surface area contributed by atoms with Gasteiger partial charge in [-0.1, -0.05) is 13.8 Å². The molecule has 1 N–H and O–H groups in total. The first-order valence-corrected chi connectivity index (χ1v) is 6.49. The van der Waals surface area contributed by atoms with E-state index in [1.54, 1.807) is 0 Å². The lowest BCUT2D eigenvalue weighted by molar-refractivity contribution is -0.145. The van der Waals surface area contributed by atoms with E-state index >= 15 is 0 Å². The standard InChI is InChI=1S/C13H21NO3/c1-8(2)6-14(7-12(15)16)13(17)11-5-10(11)9-3-4-9/h8-11H,3-7H2,1-2H3,(H,15,16)/t10-,11+/m0/s1. The van der Waals surface area contributed by atoms with Crippen LogP contribution in [0.25, 0.3) is 0 Å². The Labute approximate surface area is 102 Å². The summed E-state index contributed by atoms with van der Waals surface area (Å²) >= 11 is 0. The molecule has 2 atom stereocenters. The first-order valence-electron chi connectivity index (χ1n) is 6.49. The van der Waals surface area contributed by atoms with Crippen LogP contribution in [-0.2, 0) is 9.59 Å². The Morgan fingerprint density at radius 1 is 1.35 bits per heavy atom. The van der Waals surface area contributed by atoms with E-state index in [-0.39, 0.29) is 18.4 Å². The van der Waals surface area contributed by atoms with Gasteiger partial charge in [0.2, 0.25) is 5.91 Å². The van der Waals surface area contributed by atoms with Crippen LogP contribution in [0.5, 0.6) is 0 Å². The van der Waals surface area contributed by atoms with E-state index in [0.29, 0.717) is 18.4 Å². The van der Waals surface area contributed by atoms with Crippen LogP contribution >= 0.6 is 0 Å². The van der Waals surface area contributed by atoms with Gasteiger partial charge in [0.15, 0.2) is 0 Å². The number of rotatable bonds is 6. The topological polar surface area (TPSA) is 57.6 Å². The van der Waals surface area contributed by atoms with Gasteiger partial charge in [-0.05, 0) is 37.0 Å². The van der Waals surface area contributed by atoms with Crippen LogP contribution < -0.4 is 0 Å². The molecule has 2 rings (SSSR count). The van der Waals surface area contributed by atoms with E-state index in [1.807, 2.05) is 13.8 Å². The van der Waals surface area contributed by atoms with Crippen molar-refractivity contribution in [1.82, 2.24) is 4.90 Å². The Bertz CT molecular complexity index is 323. The lowest BCUT2D eigenvalue weighted by Crippen LogP contribution is -2.39. The maximum absolute atomic E-state index is 12.2. The second-order valence-corrected chi connectivity index (χ2v) is 5.85. The molecule has 2 saturated carbocycles. The fourth-order valence-electron chi connectivity index (χ4n) is 2.61. The number of nitrogens with zero attached hydrogens (tertiary/aromatic N) is 1. The normalized spacial score (nSPS) is 27.0. The van der Waals surface area contributed by atoms with Crippen molar-refractivity contribution in [1.29, 1.82) is 0 Å². The Kier molecular flexibility index (Phi) is 3.40. The monoisotopic (exact) mass is 239 g/mol. The molecular formula is C13H21NO3. The van der Waals surface area contributed by atoms with Gasteiger partial charge >= 0.3 is 5.97 Å². The molecule has 0 bridgehead atoms. The van der Waals surface area contributed by atoms with Crippen molar-refractivity contribution < 1.29 is 14.7 Å². The van der Waals surface area contributed by atoms with E-state index in [2.05, 4.69) is 0 Å². The fourth-order valence-corrected chi connectivity index (χ4v) is 2.61. The van der Waals surface area contributed by atoms with Crippen LogP contribution in [0.3, 0.4) is 0 Å². The molecule has 4 nitrogen and oxygen atoms in total. The first kappa shape index (κ1) is 12.4. The predicted molar refractivity (Wildman–Crippen MR) is 63.4 cm³/mol. The highest BCUT2D eigenvalue weighted by Crippen LogP contribution is 2.54. The molecule has 0 aromatic rings. The van der Waals surface area contributed by atoms with Gasteiger partial charge in [0.05, 0.1) is 0 Å². The van der Waals surface area contributed by atoms with Crippen LogP contribution in [0.1, 0.15) is 33.1 Å². The maximum atomic E-state index is 12.2. The van der Waals surface area contributed by atoms with E-state index in [4.69, 9.17) is 5.11 Å². The zero-order chi connectivity index (χ0) is 12.6. The molecule has 0 saturated heterocycles. The summed E-state index contributed by atoms with van der Waals surface area (Å²) in [6.07, 6.45) is 3.51. The van der Waals surface area contributed by atoms with Crippen molar-refractivity contribution in [2.24, 2.45) is 23.7 Å². The van der Waals surface area contributed by atoms with E-state index < -0.39 is 5.97 Å². The molecule has 0 aromatic carbocycles. The van der Waals surface area contributed by atoms with Gasteiger partial charge in [0.1, 0.15) is 6.54 Å². The molecule has 0 aromatic heterocycles. The van der Waals surface area contributed by atoms with Crippen LogP contribution in [0.15, 0.2) is 0 Å². The average molecular weight is 239 g/mol. The summed E-state index contributed by atoms with van der Waals surface area (Å²) in [7, 11) is 0. The minimum atomic E-state index is -0.914. The Morgan fingerprint density at radius 3 is 2.47 bits per heavy atom. The van der Waals surface area contributed by atoms with Gasteiger partial charge in [-0.15, -0.1) is 0 Å². The van der Waals surface area contributed by atoms with Crippen molar-refractivity contribution >= 4 is 11.9 Å². The van der Waals surface area contributed by atoms with Crippen molar-refractivity contribution in [3.05, 3.63) is 0 Å². The summed E-state index contributed by atoms with van der Waals surface area (Å²) in [6.45, 7) is 4.42. The molecule has 96 valence electrons.